The third-order valence-corrected chi connectivity index (χ3v) is 2.44. The van der Waals surface area contributed by atoms with E-state index in [0.29, 0.717) is 0 Å². The third-order valence-electron chi connectivity index (χ3n) is 2.44. The summed E-state index contributed by atoms with van der Waals surface area (Å²) in [6.45, 7) is 4.70. The van der Waals surface area contributed by atoms with Crippen LogP contribution in [0.4, 0.5) is 10.1 Å². The van der Waals surface area contributed by atoms with Crippen molar-refractivity contribution in [3.05, 3.63) is 39.7 Å². The van der Waals surface area contributed by atoms with Gasteiger partial charge in [0.05, 0.1) is 11.3 Å². The molecule has 7 nitrogen and oxygen atoms in total. The minimum atomic E-state index is -0.724. The summed E-state index contributed by atoms with van der Waals surface area (Å²) in [5, 5.41) is 12.9. The molecule has 0 heterocycles. The average molecular weight is 312 g/mol. The summed E-state index contributed by atoms with van der Waals surface area (Å²) in [7, 11) is 0. The van der Waals surface area contributed by atoms with Crippen molar-refractivity contribution in [2.24, 2.45) is 0 Å². The van der Waals surface area contributed by atoms with E-state index < -0.39 is 34.6 Å². The highest BCUT2D eigenvalue weighted by Gasteiger charge is 2.18. The molecular formula is C14H17FN2O5. The number of non-ortho nitro benzene ring substituents is 1. The number of amides is 1. The second-order valence-corrected chi connectivity index (χ2v) is 5.57. The molecule has 0 aliphatic rings. The summed E-state index contributed by atoms with van der Waals surface area (Å²) in [4.78, 5) is 33.0. The molecule has 0 radical (unpaired) electrons. The fourth-order valence-electron chi connectivity index (χ4n) is 1.59. The molecule has 1 N–H and O–H groups in total. The fraction of sp³-hybridized carbons (Fsp3) is 0.429. The number of nitro benzene ring substituents is 1. The maximum Gasteiger partial charge on any atom is 0.325 e. The molecule has 0 saturated heterocycles. The van der Waals surface area contributed by atoms with Crippen molar-refractivity contribution in [3.8, 4) is 0 Å². The van der Waals surface area contributed by atoms with Crippen LogP contribution in [0.5, 0.6) is 0 Å². The lowest BCUT2D eigenvalue weighted by atomic mass is 10.1. The number of benzene rings is 1. The Morgan fingerprint density at radius 2 is 2.00 bits per heavy atom. The topological polar surface area (TPSA) is 98.5 Å². The van der Waals surface area contributed by atoms with Crippen LogP contribution in [0, 0.1) is 15.9 Å². The van der Waals surface area contributed by atoms with Gasteiger partial charge in [0.25, 0.3) is 5.69 Å². The summed E-state index contributed by atoms with van der Waals surface area (Å²) in [6.07, 6.45) is -0.406. The van der Waals surface area contributed by atoms with Gasteiger partial charge in [-0.1, -0.05) is 0 Å². The lowest BCUT2D eigenvalue weighted by Gasteiger charge is -2.19. The van der Waals surface area contributed by atoms with Gasteiger partial charge in [-0.15, -0.1) is 0 Å². The normalized spacial score (nSPS) is 10.9. The van der Waals surface area contributed by atoms with E-state index >= 15 is 0 Å². The van der Waals surface area contributed by atoms with Gasteiger partial charge < -0.3 is 10.1 Å². The minimum Gasteiger partial charge on any atom is -0.459 e. The van der Waals surface area contributed by atoms with Gasteiger partial charge in [-0.2, -0.15) is 0 Å². The smallest absolute Gasteiger partial charge is 0.325 e. The molecule has 1 aromatic carbocycles. The number of esters is 1. The highest BCUT2D eigenvalue weighted by Crippen LogP contribution is 2.17. The van der Waals surface area contributed by atoms with E-state index in [4.69, 9.17) is 4.74 Å². The predicted octanol–water partition coefficient (Wildman–Crippen LogP) is 1.73. The van der Waals surface area contributed by atoms with Gasteiger partial charge in [0, 0.05) is 17.7 Å². The summed E-state index contributed by atoms with van der Waals surface area (Å²) < 4.78 is 18.5. The molecular weight excluding hydrogens is 295 g/mol. The number of hydrogen-bond acceptors (Lipinski definition) is 5. The van der Waals surface area contributed by atoms with Gasteiger partial charge in [-0.25, -0.2) is 4.39 Å². The predicted molar refractivity (Wildman–Crippen MR) is 75.6 cm³/mol. The first-order chi connectivity index (χ1) is 10.1. The maximum atomic E-state index is 13.5. The standard InChI is InChI=1S/C14H17FN2O5/c1-14(2,3)22-13(19)8-16-12(18)7-9-6-10(17(20)21)4-5-11(9)15/h4-6H,7-8H2,1-3H3,(H,16,18). The van der Waals surface area contributed by atoms with Crippen LogP contribution < -0.4 is 5.32 Å². The monoisotopic (exact) mass is 312 g/mol. The van der Waals surface area contributed by atoms with Crippen molar-refractivity contribution in [2.45, 2.75) is 32.8 Å². The highest BCUT2D eigenvalue weighted by atomic mass is 19.1. The number of nitrogens with zero attached hydrogens (tertiary/aromatic N) is 1. The van der Waals surface area contributed by atoms with E-state index in [-0.39, 0.29) is 17.8 Å². The molecule has 0 aliphatic carbocycles. The van der Waals surface area contributed by atoms with E-state index in [1.165, 1.54) is 0 Å². The first-order valence-corrected chi connectivity index (χ1v) is 6.50. The lowest BCUT2D eigenvalue weighted by Crippen LogP contribution is -2.35. The van der Waals surface area contributed by atoms with Crippen LogP contribution in [-0.4, -0.2) is 28.9 Å². The Bertz CT molecular complexity index is 595. The Balaban J connectivity index is 2.60. The van der Waals surface area contributed by atoms with Crippen molar-refractivity contribution in [3.63, 3.8) is 0 Å². The molecule has 0 unspecified atom stereocenters. The van der Waals surface area contributed by atoms with Gasteiger partial charge in [0.1, 0.15) is 18.0 Å². The average Bonchev–Trinajstić information content (AvgIpc) is 2.36. The molecule has 0 fully saturated rings. The van der Waals surface area contributed by atoms with E-state index in [9.17, 15) is 24.1 Å². The Morgan fingerprint density at radius 3 is 2.55 bits per heavy atom. The number of carbonyl (C=O) groups is 2. The molecule has 1 amide bonds. The van der Waals surface area contributed by atoms with Crippen LogP contribution in [0.3, 0.4) is 0 Å². The van der Waals surface area contributed by atoms with Crippen LogP contribution >= 0.6 is 0 Å². The number of carbonyl (C=O) groups excluding carboxylic acids is 2. The zero-order chi connectivity index (χ0) is 16.9. The zero-order valence-corrected chi connectivity index (χ0v) is 12.5. The maximum absolute atomic E-state index is 13.5. The number of rotatable bonds is 5. The van der Waals surface area contributed by atoms with Crippen LogP contribution in [0.15, 0.2) is 18.2 Å². The van der Waals surface area contributed by atoms with Gasteiger partial charge in [-0.3, -0.25) is 19.7 Å². The number of ether oxygens (including phenoxy) is 1. The van der Waals surface area contributed by atoms with Gasteiger partial charge in [0.2, 0.25) is 5.91 Å². The molecule has 0 spiro atoms. The minimum absolute atomic E-state index is 0.115. The molecule has 120 valence electrons. The first-order valence-electron chi connectivity index (χ1n) is 6.50. The number of nitrogens with one attached hydrogen (secondary N) is 1. The second kappa shape index (κ2) is 6.97. The lowest BCUT2D eigenvalue weighted by molar-refractivity contribution is -0.385. The quantitative estimate of drug-likeness (QED) is 0.507. The summed E-state index contributed by atoms with van der Waals surface area (Å²) in [5.74, 6) is -1.98. The van der Waals surface area contributed by atoms with Gasteiger partial charge in [0.15, 0.2) is 0 Å². The van der Waals surface area contributed by atoms with Crippen molar-refractivity contribution in [2.75, 3.05) is 6.54 Å². The SMILES string of the molecule is CC(C)(C)OC(=O)CNC(=O)Cc1cc([N+](=O)[O-])ccc1F. The molecule has 0 atom stereocenters. The summed E-state index contributed by atoms with van der Waals surface area (Å²) >= 11 is 0. The molecule has 8 heteroatoms. The van der Waals surface area contributed by atoms with E-state index in [1.54, 1.807) is 20.8 Å². The third kappa shape index (κ3) is 5.86. The first kappa shape index (κ1) is 17.5. The van der Waals surface area contributed by atoms with Crippen molar-refractivity contribution in [1.82, 2.24) is 5.32 Å². The Kier molecular flexibility index (Phi) is 5.56. The highest BCUT2D eigenvalue weighted by molar-refractivity contribution is 5.83. The Morgan fingerprint density at radius 1 is 1.36 bits per heavy atom. The molecule has 0 aromatic heterocycles. The second-order valence-electron chi connectivity index (χ2n) is 5.57. The van der Waals surface area contributed by atoms with Crippen molar-refractivity contribution < 1.29 is 23.6 Å². The van der Waals surface area contributed by atoms with Crippen LogP contribution in [-0.2, 0) is 20.7 Å². The van der Waals surface area contributed by atoms with Crippen LogP contribution in [0.2, 0.25) is 0 Å². The fourth-order valence-corrected chi connectivity index (χ4v) is 1.59. The van der Waals surface area contributed by atoms with Crippen LogP contribution in [0.25, 0.3) is 0 Å². The van der Waals surface area contributed by atoms with Crippen molar-refractivity contribution >= 4 is 17.6 Å². The zero-order valence-electron chi connectivity index (χ0n) is 12.5. The number of hydrogen-bond donors (Lipinski definition) is 1. The van der Waals surface area contributed by atoms with Gasteiger partial charge >= 0.3 is 5.97 Å². The van der Waals surface area contributed by atoms with Crippen molar-refractivity contribution in [1.29, 1.82) is 0 Å². The molecule has 0 bridgehead atoms. The van der Waals surface area contributed by atoms with E-state index in [2.05, 4.69) is 5.32 Å². The number of halogens is 1. The molecule has 22 heavy (non-hydrogen) atoms. The Labute approximate surface area is 126 Å². The van der Waals surface area contributed by atoms with Crippen LogP contribution in [0.1, 0.15) is 26.3 Å². The molecule has 1 aromatic rings. The summed E-state index contributed by atoms with van der Waals surface area (Å²) in [6, 6.07) is 2.93. The van der Waals surface area contributed by atoms with E-state index in [1.807, 2.05) is 0 Å². The largest absolute Gasteiger partial charge is 0.459 e. The molecule has 0 saturated carbocycles. The molecule has 1 rings (SSSR count). The Hall–Kier alpha value is -2.51. The van der Waals surface area contributed by atoms with Gasteiger partial charge in [-0.05, 0) is 26.8 Å². The number of nitro groups is 1. The van der Waals surface area contributed by atoms with E-state index in [0.717, 1.165) is 18.2 Å². The molecule has 0 aliphatic heterocycles. The summed E-state index contributed by atoms with van der Waals surface area (Å²) in [5.41, 5.74) is -1.10.